The summed E-state index contributed by atoms with van der Waals surface area (Å²) in [6.45, 7) is 7.26. The van der Waals surface area contributed by atoms with Gasteiger partial charge in [-0.25, -0.2) is 4.79 Å². The maximum atomic E-state index is 12.2. The third kappa shape index (κ3) is 7.44. The molecule has 0 aromatic carbocycles. The molecule has 1 amide bonds. The highest BCUT2D eigenvalue weighted by Crippen LogP contribution is 2.08. The van der Waals surface area contributed by atoms with Gasteiger partial charge in [-0.05, 0) is 43.5 Å². The van der Waals surface area contributed by atoms with E-state index in [1.165, 1.54) is 5.56 Å². The Morgan fingerprint density at radius 2 is 1.93 bits per heavy atom. The maximum absolute atomic E-state index is 12.2. The van der Waals surface area contributed by atoms with Crippen LogP contribution in [0.25, 0.3) is 0 Å². The zero-order valence-electron chi connectivity index (χ0n) is 17.1. The van der Waals surface area contributed by atoms with Crippen molar-refractivity contribution >= 4 is 6.09 Å². The molecule has 1 fully saturated rings. The van der Waals surface area contributed by atoms with E-state index < -0.39 is 0 Å². The molecular formula is C22H30N4O3. The second-order valence-electron chi connectivity index (χ2n) is 7.23. The first kappa shape index (κ1) is 21.2. The molecule has 0 unspecified atom stereocenters. The van der Waals surface area contributed by atoms with Gasteiger partial charge >= 0.3 is 6.09 Å². The fourth-order valence-corrected chi connectivity index (χ4v) is 3.31. The molecule has 0 atom stereocenters. The number of hydrogen-bond donors (Lipinski definition) is 0. The Balaban J connectivity index is 1.22. The summed E-state index contributed by atoms with van der Waals surface area (Å²) in [5.41, 5.74) is 3.31. The fourth-order valence-electron chi connectivity index (χ4n) is 3.31. The lowest BCUT2D eigenvalue weighted by atomic mass is 10.2. The number of rotatable bonds is 9. The highest BCUT2D eigenvalue weighted by molar-refractivity contribution is 5.67. The molecule has 3 heterocycles. The molecule has 7 nitrogen and oxygen atoms in total. The second kappa shape index (κ2) is 11.5. The van der Waals surface area contributed by atoms with Gasteiger partial charge in [0.1, 0.15) is 6.61 Å². The Labute approximate surface area is 172 Å². The number of nitrogens with zero attached hydrogens (tertiary/aromatic N) is 4. The fraction of sp³-hybridized carbons (Fsp3) is 0.500. The number of hydrogen-bond acceptors (Lipinski definition) is 6. The van der Waals surface area contributed by atoms with Gasteiger partial charge < -0.3 is 14.4 Å². The number of carbonyl (C=O) groups is 1. The third-order valence-electron chi connectivity index (χ3n) is 4.88. The van der Waals surface area contributed by atoms with Gasteiger partial charge in [0.25, 0.3) is 0 Å². The van der Waals surface area contributed by atoms with Crippen molar-refractivity contribution in [3.05, 3.63) is 59.7 Å². The van der Waals surface area contributed by atoms with E-state index in [-0.39, 0.29) is 12.7 Å². The van der Waals surface area contributed by atoms with Crippen molar-refractivity contribution < 1.29 is 14.3 Å². The summed E-state index contributed by atoms with van der Waals surface area (Å²) >= 11 is 0. The van der Waals surface area contributed by atoms with Crippen LogP contribution in [0.5, 0.6) is 0 Å². The van der Waals surface area contributed by atoms with Crippen molar-refractivity contribution in [1.29, 1.82) is 0 Å². The van der Waals surface area contributed by atoms with Crippen molar-refractivity contribution in [3.63, 3.8) is 0 Å². The molecule has 0 saturated carbocycles. The summed E-state index contributed by atoms with van der Waals surface area (Å²) < 4.78 is 10.9. The molecule has 0 bridgehead atoms. The molecule has 2 aromatic heterocycles. The average Bonchev–Trinajstić information content (AvgIpc) is 2.74. The van der Waals surface area contributed by atoms with Gasteiger partial charge in [0.15, 0.2) is 0 Å². The van der Waals surface area contributed by atoms with Crippen molar-refractivity contribution in [1.82, 2.24) is 19.8 Å². The summed E-state index contributed by atoms with van der Waals surface area (Å²) in [6.07, 6.45) is 5.22. The molecule has 0 radical (unpaired) electrons. The topological polar surface area (TPSA) is 67.8 Å². The Morgan fingerprint density at radius 1 is 1.07 bits per heavy atom. The van der Waals surface area contributed by atoms with Crippen LogP contribution in [0.1, 0.15) is 23.4 Å². The Morgan fingerprint density at radius 3 is 2.69 bits per heavy atom. The van der Waals surface area contributed by atoms with Gasteiger partial charge in [0, 0.05) is 63.1 Å². The molecule has 0 N–H and O–H groups in total. The van der Waals surface area contributed by atoms with Crippen LogP contribution in [0.3, 0.4) is 0 Å². The van der Waals surface area contributed by atoms with Gasteiger partial charge in [0.05, 0.1) is 6.61 Å². The molecule has 7 heteroatoms. The van der Waals surface area contributed by atoms with E-state index in [0.717, 1.165) is 43.9 Å². The number of carbonyl (C=O) groups excluding carboxylic acids is 1. The maximum Gasteiger partial charge on any atom is 0.409 e. The van der Waals surface area contributed by atoms with Crippen molar-refractivity contribution in [2.75, 3.05) is 46.0 Å². The first-order valence-corrected chi connectivity index (χ1v) is 10.2. The van der Waals surface area contributed by atoms with E-state index in [1.807, 2.05) is 37.4 Å². The van der Waals surface area contributed by atoms with Crippen LogP contribution in [0.2, 0.25) is 0 Å². The van der Waals surface area contributed by atoms with Crippen molar-refractivity contribution in [2.24, 2.45) is 0 Å². The van der Waals surface area contributed by atoms with Crippen LogP contribution in [-0.4, -0.2) is 71.9 Å². The zero-order valence-corrected chi connectivity index (χ0v) is 17.1. The minimum absolute atomic E-state index is 0.251. The Bertz CT molecular complexity index is 749. The van der Waals surface area contributed by atoms with E-state index >= 15 is 0 Å². The SMILES string of the molecule is Cc1cccc(CCCOCCOC(=O)N2CCN(Cc3cccnc3)CC2)n1. The average molecular weight is 399 g/mol. The molecule has 3 rings (SSSR count). The number of ether oxygens (including phenoxy) is 2. The van der Waals surface area contributed by atoms with Gasteiger partial charge in [0.2, 0.25) is 0 Å². The quantitative estimate of drug-likeness (QED) is 0.605. The number of amides is 1. The second-order valence-corrected chi connectivity index (χ2v) is 7.23. The predicted octanol–water partition coefficient (Wildman–Crippen LogP) is 2.69. The number of aromatic nitrogens is 2. The largest absolute Gasteiger partial charge is 0.447 e. The lowest BCUT2D eigenvalue weighted by molar-refractivity contribution is 0.0430. The number of aryl methyl sites for hydroxylation is 2. The number of piperazine rings is 1. The van der Waals surface area contributed by atoms with E-state index in [1.54, 1.807) is 11.1 Å². The minimum Gasteiger partial charge on any atom is -0.447 e. The molecule has 1 saturated heterocycles. The van der Waals surface area contributed by atoms with Crippen LogP contribution in [0.15, 0.2) is 42.7 Å². The first-order chi connectivity index (χ1) is 14.2. The van der Waals surface area contributed by atoms with E-state index in [9.17, 15) is 4.79 Å². The van der Waals surface area contributed by atoms with Crippen LogP contribution in [-0.2, 0) is 22.4 Å². The minimum atomic E-state index is -0.251. The van der Waals surface area contributed by atoms with Crippen LogP contribution in [0, 0.1) is 6.92 Å². The number of pyridine rings is 2. The summed E-state index contributed by atoms with van der Waals surface area (Å²) in [5, 5.41) is 0. The van der Waals surface area contributed by atoms with Gasteiger partial charge in [-0.2, -0.15) is 0 Å². The third-order valence-corrected chi connectivity index (χ3v) is 4.88. The summed E-state index contributed by atoms with van der Waals surface area (Å²) in [4.78, 5) is 24.9. The molecular weight excluding hydrogens is 368 g/mol. The highest BCUT2D eigenvalue weighted by atomic mass is 16.6. The van der Waals surface area contributed by atoms with Crippen LogP contribution in [0.4, 0.5) is 4.79 Å². The molecule has 29 heavy (non-hydrogen) atoms. The smallest absolute Gasteiger partial charge is 0.409 e. The van der Waals surface area contributed by atoms with Crippen LogP contribution >= 0.6 is 0 Å². The van der Waals surface area contributed by atoms with Crippen molar-refractivity contribution in [3.8, 4) is 0 Å². The Kier molecular flexibility index (Phi) is 8.40. The van der Waals surface area contributed by atoms with Gasteiger partial charge in [-0.1, -0.05) is 12.1 Å². The zero-order chi connectivity index (χ0) is 20.3. The van der Waals surface area contributed by atoms with E-state index in [2.05, 4.69) is 20.9 Å². The molecule has 1 aliphatic heterocycles. The van der Waals surface area contributed by atoms with Crippen molar-refractivity contribution in [2.45, 2.75) is 26.3 Å². The first-order valence-electron chi connectivity index (χ1n) is 10.2. The monoisotopic (exact) mass is 398 g/mol. The molecule has 156 valence electrons. The standard InChI is InChI=1S/C22H30N4O3/c1-19-5-2-7-21(24-19)8-4-14-28-15-16-29-22(27)26-12-10-25(11-13-26)18-20-6-3-9-23-17-20/h2-3,5-7,9,17H,4,8,10-16,18H2,1H3. The molecule has 2 aromatic rings. The van der Waals surface area contributed by atoms with Crippen LogP contribution < -0.4 is 0 Å². The molecule has 0 aliphatic carbocycles. The highest BCUT2D eigenvalue weighted by Gasteiger charge is 2.22. The predicted molar refractivity (Wildman–Crippen MR) is 111 cm³/mol. The van der Waals surface area contributed by atoms with E-state index in [0.29, 0.717) is 26.3 Å². The molecule has 0 spiro atoms. The normalized spacial score (nSPS) is 14.7. The summed E-state index contributed by atoms with van der Waals surface area (Å²) in [7, 11) is 0. The molecule has 1 aliphatic rings. The van der Waals surface area contributed by atoms with Gasteiger partial charge in [-0.15, -0.1) is 0 Å². The van der Waals surface area contributed by atoms with Gasteiger partial charge in [-0.3, -0.25) is 14.9 Å². The summed E-state index contributed by atoms with van der Waals surface area (Å²) in [5.74, 6) is 0. The lowest BCUT2D eigenvalue weighted by Gasteiger charge is -2.34. The summed E-state index contributed by atoms with van der Waals surface area (Å²) in [6, 6.07) is 10.1. The van der Waals surface area contributed by atoms with E-state index in [4.69, 9.17) is 9.47 Å². The Hall–Kier alpha value is -2.51. The lowest BCUT2D eigenvalue weighted by Crippen LogP contribution is -2.48.